The van der Waals surface area contributed by atoms with Gasteiger partial charge in [0.2, 0.25) is 0 Å². The van der Waals surface area contributed by atoms with Crippen LogP contribution in [0.5, 0.6) is 0 Å². The van der Waals surface area contributed by atoms with Crippen LogP contribution >= 0.6 is 11.3 Å². The molecule has 0 bridgehead atoms. The number of ether oxygens (including phenoxy) is 1. The van der Waals surface area contributed by atoms with E-state index in [1.54, 1.807) is 11.3 Å². The number of carbonyl (C=O) groups excluding carboxylic acids is 1. The molecule has 1 aliphatic carbocycles. The van der Waals surface area contributed by atoms with Crippen molar-refractivity contribution in [2.75, 3.05) is 6.61 Å². The molecule has 1 saturated carbocycles. The first-order chi connectivity index (χ1) is 9.20. The lowest BCUT2D eigenvalue weighted by molar-refractivity contribution is -0.149. The van der Waals surface area contributed by atoms with Crippen LogP contribution in [0.4, 0.5) is 0 Å². The molecule has 1 aromatic rings. The fourth-order valence-corrected chi connectivity index (χ4v) is 3.34. The Kier molecular flexibility index (Phi) is 5.34. The van der Waals surface area contributed by atoms with Gasteiger partial charge < -0.3 is 10.1 Å². The van der Waals surface area contributed by atoms with Crippen LogP contribution < -0.4 is 5.32 Å². The van der Waals surface area contributed by atoms with E-state index in [4.69, 9.17) is 4.74 Å². The third kappa shape index (κ3) is 4.01. The monoisotopic (exact) mass is 282 g/mol. The number of nitrogens with one attached hydrogen (secondary N) is 1. The highest BCUT2D eigenvalue weighted by Gasteiger charge is 2.29. The Morgan fingerprint density at radius 3 is 3.16 bits per heavy atom. The minimum atomic E-state index is -0.0316. The molecular weight excluding hydrogens is 260 g/mol. The van der Waals surface area contributed by atoms with Gasteiger partial charge in [0.05, 0.1) is 18.6 Å². The molecule has 0 aliphatic heterocycles. The van der Waals surface area contributed by atoms with E-state index in [9.17, 15) is 4.79 Å². The van der Waals surface area contributed by atoms with Crippen molar-refractivity contribution in [1.82, 2.24) is 10.3 Å². The molecule has 1 heterocycles. The van der Waals surface area contributed by atoms with Gasteiger partial charge in [-0.25, -0.2) is 4.98 Å². The quantitative estimate of drug-likeness (QED) is 0.844. The molecule has 0 saturated heterocycles. The average Bonchev–Trinajstić information content (AvgIpc) is 2.93. The van der Waals surface area contributed by atoms with Crippen LogP contribution in [0.2, 0.25) is 0 Å². The van der Waals surface area contributed by atoms with Crippen molar-refractivity contribution in [3.05, 3.63) is 16.6 Å². The summed E-state index contributed by atoms with van der Waals surface area (Å²) in [7, 11) is 0. The normalized spacial score (nSPS) is 24.9. The van der Waals surface area contributed by atoms with E-state index in [0.29, 0.717) is 12.6 Å². The van der Waals surface area contributed by atoms with Crippen molar-refractivity contribution in [3.8, 4) is 0 Å². The van der Waals surface area contributed by atoms with Crippen molar-refractivity contribution >= 4 is 17.3 Å². The van der Waals surface area contributed by atoms with Gasteiger partial charge in [-0.1, -0.05) is 6.42 Å². The van der Waals surface area contributed by atoms with Crippen LogP contribution in [0.3, 0.4) is 0 Å². The summed E-state index contributed by atoms with van der Waals surface area (Å²) in [5.41, 5.74) is 0. The molecule has 3 atom stereocenters. The van der Waals surface area contributed by atoms with Gasteiger partial charge in [-0.15, -0.1) is 11.3 Å². The standard InChI is InChI=1S/C14H22N2O2S/c1-3-18-14(17)11-5-4-6-12(9-11)16-10(2)13-15-7-8-19-13/h7-8,10-12,16H,3-6,9H2,1-2H3. The predicted octanol–water partition coefficient (Wildman–Crippen LogP) is 2.92. The van der Waals surface area contributed by atoms with Gasteiger partial charge in [0.15, 0.2) is 0 Å². The summed E-state index contributed by atoms with van der Waals surface area (Å²) in [5.74, 6) is 0.0330. The number of carbonyl (C=O) groups is 1. The number of rotatable bonds is 5. The van der Waals surface area contributed by atoms with Crippen molar-refractivity contribution in [3.63, 3.8) is 0 Å². The highest BCUT2D eigenvalue weighted by molar-refractivity contribution is 7.09. The number of esters is 1. The lowest BCUT2D eigenvalue weighted by Crippen LogP contribution is -2.38. The number of hydrogen-bond donors (Lipinski definition) is 1. The second-order valence-electron chi connectivity index (χ2n) is 5.07. The molecule has 1 fully saturated rings. The second-order valence-corrected chi connectivity index (χ2v) is 6.00. The molecule has 1 N–H and O–H groups in total. The summed E-state index contributed by atoms with van der Waals surface area (Å²) in [5, 5.41) is 6.69. The Bertz CT molecular complexity index is 394. The maximum atomic E-state index is 11.8. The molecule has 1 aromatic heterocycles. The van der Waals surface area contributed by atoms with Gasteiger partial charge in [0.1, 0.15) is 5.01 Å². The van der Waals surface area contributed by atoms with E-state index >= 15 is 0 Å². The zero-order valence-electron chi connectivity index (χ0n) is 11.6. The van der Waals surface area contributed by atoms with Crippen LogP contribution in [0.25, 0.3) is 0 Å². The van der Waals surface area contributed by atoms with Crippen molar-refractivity contribution in [1.29, 1.82) is 0 Å². The zero-order valence-corrected chi connectivity index (χ0v) is 12.4. The molecule has 19 heavy (non-hydrogen) atoms. The minimum absolute atomic E-state index is 0.0316. The van der Waals surface area contributed by atoms with Crippen LogP contribution in [0, 0.1) is 5.92 Å². The van der Waals surface area contributed by atoms with Gasteiger partial charge in [-0.2, -0.15) is 0 Å². The van der Waals surface area contributed by atoms with Crippen LogP contribution in [0.1, 0.15) is 50.6 Å². The first kappa shape index (κ1) is 14.5. The third-order valence-electron chi connectivity index (χ3n) is 3.60. The van der Waals surface area contributed by atoms with Gasteiger partial charge in [-0.3, -0.25) is 4.79 Å². The Balaban J connectivity index is 1.85. The van der Waals surface area contributed by atoms with Crippen molar-refractivity contribution in [2.45, 2.75) is 51.6 Å². The average molecular weight is 282 g/mol. The number of aromatic nitrogens is 1. The maximum absolute atomic E-state index is 11.8. The lowest BCUT2D eigenvalue weighted by atomic mass is 9.85. The van der Waals surface area contributed by atoms with Crippen LogP contribution in [0.15, 0.2) is 11.6 Å². The van der Waals surface area contributed by atoms with E-state index in [-0.39, 0.29) is 17.9 Å². The number of thiazole rings is 1. The van der Waals surface area contributed by atoms with E-state index in [1.165, 1.54) is 0 Å². The zero-order chi connectivity index (χ0) is 13.7. The number of nitrogens with zero attached hydrogens (tertiary/aromatic N) is 1. The molecule has 2 rings (SSSR count). The third-order valence-corrected chi connectivity index (χ3v) is 4.56. The molecular formula is C14H22N2O2S. The Morgan fingerprint density at radius 2 is 2.47 bits per heavy atom. The molecule has 0 radical (unpaired) electrons. The second kappa shape index (κ2) is 7.01. The summed E-state index contributed by atoms with van der Waals surface area (Å²) in [6, 6.07) is 0.646. The topological polar surface area (TPSA) is 51.2 Å². The fourth-order valence-electron chi connectivity index (χ4n) is 2.69. The van der Waals surface area contributed by atoms with Crippen LogP contribution in [-0.2, 0) is 9.53 Å². The number of hydrogen-bond acceptors (Lipinski definition) is 5. The summed E-state index contributed by atoms with van der Waals surface area (Å²) in [4.78, 5) is 16.1. The van der Waals surface area contributed by atoms with Gasteiger partial charge in [0.25, 0.3) is 0 Å². The van der Waals surface area contributed by atoms with Gasteiger partial charge >= 0.3 is 5.97 Å². The van der Waals surface area contributed by atoms with E-state index in [0.717, 1.165) is 30.7 Å². The molecule has 106 valence electrons. The van der Waals surface area contributed by atoms with Gasteiger partial charge in [-0.05, 0) is 33.1 Å². The summed E-state index contributed by atoms with van der Waals surface area (Å²) < 4.78 is 5.13. The Hall–Kier alpha value is -0.940. The predicted molar refractivity (Wildman–Crippen MR) is 76.0 cm³/mol. The maximum Gasteiger partial charge on any atom is 0.308 e. The van der Waals surface area contributed by atoms with E-state index in [2.05, 4.69) is 17.2 Å². The van der Waals surface area contributed by atoms with Gasteiger partial charge in [0, 0.05) is 17.6 Å². The molecule has 0 spiro atoms. The first-order valence-corrected chi connectivity index (χ1v) is 7.90. The fraction of sp³-hybridized carbons (Fsp3) is 0.714. The minimum Gasteiger partial charge on any atom is -0.466 e. The first-order valence-electron chi connectivity index (χ1n) is 7.02. The molecule has 5 heteroatoms. The van der Waals surface area contributed by atoms with E-state index in [1.807, 2.05) is 18.5 Å². The summed E-state index contributed by atoms with van der Waals surface area (Å²) in [6.07, 6.45) is 5.90. The van der Waals surface area contributed by atoms with E-state index < -0.39 is 0 Å². The molecule has 0 amide bonds. The smallest absolute Gasteiger partial charge is 0.308 e. The lowest BCUT2D eigenvalue weighted by Gasteiger charge is -2.30. The molecule has 1 aliphatic rings. The highest BCUT2D eigenvalue weighted by atomic mass is 32.1. The molecule has 4 nitrogen and oxygen atoms in total. The summed E-state index contributed by atoms with van der Waals surface area (Å²) >= 11 is 1.67. The Morgan fingerprint density at radius 1 is 1.63 bits per heavy atom. The van der Waals surface area contributed by atoms with Crippen molar-refractivity contribution < 1.29 is 9.53 Å². The molecule has 0 aromatic carbocycles. The molecule has 3 unspecified atom stereocenters. The van der Waals surface area contributed by atoms with Crippen LogP contribution in [-0.4, -0.2) is 23.6 Å². The largest absolute Gasteiger partial charge is 0.466 e. The van der Waals surface area contributed by atoms with Crippen molar-refractivity contribution in [2.24, 2.45) is 5.92 Å². The Labute approximate surface area is 118 Å². The summed E-state index contributed by atoms with van der Waals surface area (Å²) in [6.45, 7) is 4.47. The SMILES string of the molecule is CCOC(=O)C1CCCC(NC(C)c2nccs2)C1. The highest BCUT2D eigenvalue weighted by Crippen LogP contribution is 2.27.